The number of hydrogen-bond acceptors (Lipinski definition) is 4. The van der Waals surface area contributed by atoms with E-state index in [4.69, 9.17) is 15.2 Å². The van der Waals surface area contributed by atoms with Crippen LogP contribution < -0.4 is 15.8 Å². The number of amides is 1. The van der Waals surface area contributed by atoms with Crippen LogP contribution in [0.5, 0.6) is 5.75 Å². The van der Waals surface area contributed by atoms with Gasteiger partial charge in [-0.05, 0) is 37.5 Å². The number of carbonyl (C=O) groups is 1. The smallest absolute Gasteiger partial charge is 0.251 e. The third kappa shape index (κ3) is 7.01. The van der Waals surface area contributed by atoms with Crippen molar-refractivity contribution in [1.82, 2.24) is 5.32 Å². The van der Waals surface area contributed by atoms with Crippen LogP contribution in [0.3, 0.4) is 0 Å². The summed E-state index contributed by atoms with van der Waals surface area (Å²) in [4.78, 5) is 12.5. The lowest BCUT2D eigenvalue weighted by atomic mass is 9.90. The first-order chi connectivity index (χ1) is 10.9. The topological polar surface area (TPSA) is 73.6 Å². The Morgan fingerprint density at radius 2 is 2.09 bits per heavy atom. The van der Waals surface area contributed by atoms with Gasteiger partial charge in [-0.1, -0.05) is 19.9 Å². The van der Waals surface area contributed by atoms with Crippen molar-refractivity contribution in [3.05, 3.63) is 29.8 Å². The van der Waals surface area contributed by atoms with Crippen LogP contribution in [-0.4, -0.2) is 38.3 Å². The number of nitrogens with one attached hydrogen (secondary N) is 1. The van der Waals surface area contributed by atoms with Gasteiger partial charge >= 0.3 is 0 Å². The van der Waals surface area contributed by atoms with E-state index in [1.807, 2.05) is 19.1 Å². The van der Waals surface area contributed by atoms with Crippen LogP contribution in [-0.2, 0) is 4.74 Å². The summed E-state index contributed by atoms with van der Waals surface area (Å²) in [6.07, 6.45) is 1.65. The number of methoxy groups -OCH3 is 1. The molecule has 0 aliphatic heterocycles. The maximum Gasteiger partial charge on any atom is 0.251 e. The Morgan fingerprint density at radius 3 is 2.70 bits per heavy atom. The summed E-state index contributed by atoms with van der Waals surface area (Å²) in [6.45, 7) is 7.85. The van der Waals surface area contributed by atoms with Crippen molar-refractivity contribution >= 4 is 5.91 Å². The van der Waals surface area contributed by atoms with Gasteiger partial charge in [0.05, 0.1) is 6.61 Å². The number of hydrogen-bond donors (Lipinski definition) is 2. The molecule has 1 amide bonds. The van der Waals surface area contributed by atoms with E-state index in [0.29, 0.717) is 37.0 Å². The first-order valence-corrected chi connectivity index (χ1v) is 8.14. The third-order valence-corrected chi connectivity index (χ3v) is 3.58. The SMILES string of the molecule is COCCCOc1cccc(C(=O)NC(C)(CN)CC(C)C)c1. The molecule has 0 spiro atoms. The fourth-order valence-corrected chi connectivity index (χ4v) is 2.55. The Hall–Kier alpha value is -1.59. The molecular weight excluding hydrogens is 292 g/mol. The Balaban J connectivity index is 2.68. The zero-order valence-electron chi connectivity index (χ0n) is 14.7. The fraction of sp³-hybridized carbons (Fsp3) is 0.611. The summed E-state index contributed by atoms with van der Waals surface area (Å²) in [5.41, 5.74) is 6.03. The normalized spacial score (nSPS) is 13.7. The predicted octanol–water partition coefficient (Wildman–Crippen LogP) is 2.60. The van der Waals surface area contributed by atoms with Crippen LogP contribution in [0.4, 0.5) is 0 Å². The average molecular weight is 322 g/mol. The first-order valence-electron chi connectivity index (χ1n) is 8.14. The lowest BCUT2D eigenvalue weighted by Gasteiger charge is -2.31. The van der Waals surface area contributed by atoms with E-state index in [0.717, 1.165) is 12.8 Å². The number of benzene rings is 1. The number of ether oxygens (including phenoxy) is 2. The molecule has 0 saturated heterocycles. The van der Waals surface area contributed by atoms with E-state index in [-0.39, 0.29) is 5.91 Å². The van der Waals surface area contributed by atoms with Gasteiger partial charge in [-0.3, -0.25) is 4.79 Å². The summed E-state index contributed by atoms with van der Waals surface area (Å²) in [7, 11) is 1.66. The monoisotopic (exact) mass is 322 g/mol. The van der Waals surface area contributed by atoms with Crippen molar-refractivity contribution in [1.29, 1.82) is 0 Å². The molecule has 5 nitrogen and oxygen atoms in total. The second-order valence-corrected chi connectivity index (χ2v) is 6.54. The molecule has 0 saturated carbocycles. The van der Waals surface area contributed by atoms with Gasteiger partial charge < -0.3 is 20.5 Å². The standard InChI is InChI=1S/C18H30N2O3/c1-14(2)12-18(3,13-19)20-17(21)15-7-5-8-16(11-15)23-10-6-9-22-4/h5,7-8,11,14H,6,9-10,12-13,19H2,1-4H3,(H,20,21). The van der Waals surface area contributed by atoms with Crippen LogP contribution in [0.25, 0.3) is 0 Å². The molecular formula is C18H30N2O3. The minimum atomic E-state index is -0.402. The van der Waals surface area contributed by atoms with Crippen LogP contribution in [0, 0.1) is 5.92 Å². The van der Waals surface area contributed by atoms with Gasteiger partial charge in [0.2, 0.25) is 0 Å². The molecule has 1 unspecified atom stereocenters. The lowest BCUT2D eigenvalue weighted by molar-refractivity contribution is 0.0897. The van der Waals surface area contributed by atoms with Crippen molar-refractivity contribution in [3.63, 3.8) is 0 Å². The molecule has 1 aromatic carbocycles. The van der Waals surface area contributed by atoms with Crippen LogP contribution in [0.1, 0.15) is 44.0 Å². The van der Waals surface area contributed by atoms with Gasteiger partial charge in [0.15, 0.2) is 0 Å². The van der Waals surface area contributed by atoms with E-state index in [2.05, 4.69) is 19.2 Å². The van der Waals surface area contributed by atoms with Crippen molar-refractivity contribution in [3.8, 4) is 5.75 Å². The second kappa shape index (κ2) is 9.53. The van der Waals surface area contributed by atoms with Gasteiger partial charge in [0.1, 0.15) is 5.75 Å². The van der Waals surface area contributed by atoms with Crippen LogP contribution >= 0.6 is 0 Å². The molecule has 0 fully saturated rings. The fourth-order valence-electron chi connectivity index (χ4n) is 2.55. The highest BCUT2D eigenvalue weighted by Crippen LogP contribution is 2.18. The molecule has 0 aliphatic rings. The van der Waals surface area contributed by atoms with Crippen LogP contribution in [0.15, 0.2) is 24.3 Å². The molecule has 0 heterocycles. The van der Waals surface area contributed by atoms with Crippen LogP contribution in [0.2, 0.25) is 0 Å². The third-order valence-electron chi connectivity index (χ3n) is 3.58. The zero-order valence-corrected chi connectivity index (χ0v) is 14.7. The molecule has 0 bridgehead atoms. The maximum absolute atomic E-state index is 12.5. The maximum atomic E-state index is 12.5. The first kappa shape index (κ1) is 19.5. The van der Waals surface area contributed by atoms with Crippen molar-refractivity contribution in [2.24, 2.45) is 11.7 Å². The average Bonchev–Trinajstić information content (AvgIpc) is 2.51. The molecule has 5 heteroatoms. The molecule has 0 radical (unpaired) electrons. The Bertz CT molecular complexity index is 491. The Morgan fingerprint density at radius 1 is 1.35 bits per heavy atom. The van der Waals surface area contributed by atoms with Gasteiger partial charge in [0, 0.05) is 37.8 Å². The minimum absolute atomic E-state index is 0.124. The van der Waals surface area contributed by atoms with Crippen molar-refractivity contribution < 1.29 is 14.3 Å². The van der Waals surface area contributed by atoms with E-state index >= 15 is 0 Å². The molecule has 1 atom stereocenters. The van der Waals surface area contributed by atoms with Crippen molar-refractivity contribution in [2.45, 2.75) is 39.2 Å². The molecule has 130 valence electrons. The van der Waals surface area contributed by atoms with Gasteiger partial charge in [0.25, 0.3) is 5.91 Å². The molecule has 1 rings (SSSR count). The quantitative estimate of drug-likeness (QED) is 0.649. The van der Waals surface area contributed by atoms with Gasteiger partial charge in [-0.25, -0.2) is 0 Å². The van der Waals surface area contributed by atoms with E-state index in [9.17, 15) is 4.79 Å². The predicted molar refractivity (Wildman–Crippen MR) is 92.8 cm³/mol. The summed E-state index contributed by atoms with van der Waals surface area (Å²) in [5, 5.41) is 3.05. The van der Waals surface area contributed by atoms with Crippen molar-refractivity contribution in [2.75, 3.05) is 26.9 Å². The zero-order chi connectivity index (χ0) is 17.3. The summed E-state index contributed by atoms with van der Waals surface area (Å²) >= 11 is 0. The second-order valence-electron chi connectivity index (χ2n) is 6.54. The highest BCUT2D eigenvalue weighted by molar-refractivity contribution is 5.95. The summed E-state index contributed by atoms with van der Waals surface area (Å²) in [6, 6.07) is 7.21. The number of rotatable bonds is 10. The summed E-state index contributed by atoms with van der Waals surface area (Å²) < 4.78 is 10.6. The Labute approximate surface area is 139 Å². The van der Waals surface area contributed by atoms with E-state index < -0.39 is 5.54 Å². The highest BCUT2D eigenvalue weighted by Gasteiger charge is 2.26. The minimum Gasteiger partial charge on any atom is -0.493 e. The summed E-state index contributed by atoms with van der Waals surface area (Å²) in [5.74, 6) is 1.02. The van der Waals surface area contributed by atoms with E-state index in [1.54, 1.807) is 19.2 Å². The van der Waals surface area contributed by atoms with E-state index in [1.165, 1.54) is 0 Å². The highest BCUT2D eigenvalue weighted by atomic mass is 16.5. The number of nitrogens with two attached hydrogens (primary N) is 1. The largest absolute Gasteiger partial charge is 0.493 e. The molecule has 1 aromatic rings. The molecule has 0 aromatic heterocycles. The number of carbonyl (C=O) groups excluding carboxylic acids is 1. The Kier molecular flexibility index (Phi) is 8.06. The lowest BCUT2D eigenvalue weighted by Crippen LogP contribution is -2.52. The van der Waals surface area contributed by atoms with Gasteiger partial charge in [-0.2, -0.15) is 0 Å². The molecule has 23 heavy (non-hydrogen) atoms. The molecule has 0 aliphatic carbocycles. The molecule has 3 N–H and O–H groups in total. The van der Waals surface area contributed by atoms with Gasteiger partial charge in [-0.15, -0.1) is 0 Å².